The molecule has 0 radical (unpaired) electrons. The van der Waals surface area contributed by atoms with E-state index in [4.69, 9.17) is 4.74 Å². The first-order chi connectivity index (χ1) is 7.05. The quantitative estimate of drug-likeness (QED) is 0.762. The van der Waals surface area contributed by atoms with E-state index in [0.29, 0.717) is 0 Å². The first kappa shape index (κ1) is 12.2. The van der Waals surface area contributed by atoms with Crippen LogP contribution in [0, 0.1) is 0 Å². The van der Waals surface area contributed by atoms with E-state index < -0.39 is 0 Å². The van der Waals surface area contributed by atoms with Crippen LogP contribution in [-0.4, -0.2) is 35.6 Å². The Bertz CT molecular complexity index is 294. The van der Waals surface area contributed by atoms with Gasteiger partial charge in [0.1, 0.15) is 0 Å². The van der Waals surface area contributed by atoms with Crippen LogP contribution in [0.1, 0.15) is 19.5 Å². The molecule has 4 heteroatoms. The zero-order chi connectivity index (χ0) is 11.3. The molecule has 0 spiro atoms. The minimum absolute atomic E-state index is 0.0351. The average molecular weight is 211 g/mol. The highest BCUT2D eigenvalue weighted by molar-refractivity contribution is 5.00. The number of nitrogens with zero attached hydrogens (tertiary/aromatic N) is 2. The molecule has 0 atom stereocenters. The lowest BCUT2D eigenvalue weighted by atomic mass is 10.1. The number of ether oxygens (including phenoxy) is 1. The molecule has 0 aromatic carbocycles. The molecule has 4 nitrogen and oxygen atoms in total. The highest BCUT2D eigenvalue weighted by Gasteiger charge is 2.15. The van der Waals surface area contributed by atoms with Crippen molar-refractivity contribution < 1.29 is 4.74 Å². The predicted molar refractivity (Wildman–Crippen MR) is 60.9 cm³/mol. The molecule has 0 aliphatic heterocycles. The van der Waals surface area contributed by atoms with Crippen LogP contribution in [0.2, 0.25) is 0 Å². The highest BCUT2D eigenvalue weighted by Crippen LogP contribution is 2.03. The van der Waals surface area contributed by atoms with Crippen LogP contribution < -0.4 is 5.32 Å². The first-order valence-electron chi connectivity index (χ1n) is 5.26. The van der Waals surface area contributed by atoms with Gasteiger partial charge in [-0.3, -0.25) is 4.68 Å². The molecular weight excluding hydrogens is 190 g/mol. The molecular formula is C11H21N3O. The van der Waals surface area contributed by atoms with E-state index in [1.54, 1.807) is 7.11 Å². The van der Waals surface area contributed by atoms with Gasteiger partial charge >= 0.3 is 0 Å². The molecule has 0 aliphatic rings. The van der Waals surface area contributed by atoms with Gasteiger partial charge in [-0.2, -0.15) is 5.10 Å². The van der Waals surface area contributed by atoms with E-state index in [1.165, 1.54) is 5.69 Å². The van der Waals surface area contributed by atoms with Crippen LogP contribution in [0.15, 0.2) is 12.3 Å². The minimum Gasteiger partial charge on any atom is -0.383 e. The average Bonchev–Trinajstić information content (AvgIpc) is 2.51. The smallest absolute Gasteiger partial charge is 0.0639 e. The molecule has 1 heterocycles. The number of hydrogen-bond acceptors (Lipinski definition) is 3. The van der Waals surface area contributed by atoms with Gasteiger partial charge in [0.25, 0.3) is 0 Å². The van der Waals surface area contributed by atoms with E-state index in [-0.39, 0.29) is 5.54 Å². The number of aromatic nitrogens is 2. The van der Waals surface area contributed by atoms with E-state index in [0.717, 1.165) is 19.6 Å². The second kappa shape index (κ2) is 5.28. The second-order valence-electron chi connectivity index (χ2n) is 4.44. The Hall–Kier alpha value is -0.870. The van der Waals surface area contributed by atoms with E-state index in [2.05, 4.69) is 24.3 Å². The summed E-state index contributed by atoms with van der Waals surface area (Å²) in [6.45, 7) is 5.94. The Balaban J connectivity index is 2.30. The van der Waals surface area contributed by atoms with Crippen molar-refractivity contribution in [3.8, 4) is 0 Å². The Labute approximate surface area is 91.6 Å². The third-order valence-electron chi connectivity index (χ3n) is 2.41. The van der Waals surface area contributed by atoms with Crippen molar-refractivity contribution >= 4 is 0 Å². The molecule has 1 rings (SSSR count). The summed E-state index contributed by atoms with van der Waals surface area (Å²) in [6, 6.07) is 2.05. The third kappa shape index (κ3) is 4.01. The lowest BCUT2D eigenvalue weighted by Crippen LogP contribution is -2.44. The number of methoxy groups -OCH3 is 1. The van der Waals surface area contributed by atoms with Gasteiger partial charge in [-0.25, -0.2) is 0 Å². The van der Waals surface area contributed by atoms with Gasteiger partial charge in [-0.15, -0.1) is 0 Å². The highest BCUT2D eigenvalue weighted by atomic mass is 16.5. The van der Waals surface area contributed by atoms with Crippen molar-refractivity contribution in [2.45, 2.75) is 25.8 Å². The summed E-state index contributed by atoms with van der Waals surface area (Å²) in [7, 11) is 3.69. The van der Waals surface area contributed by atoms with Crippen LogP contribution >= 0.6 is 0 Å². The number of rotatable bonds is 6. The topological polar surface area (TPSA) is 39.1 Å². The van der Waals surface area contributed by atoms with Crippen LogP contribution in [0.4, 0.5) is 0 Å². The van der Waals surface area contributed by atoms with Gasteiger partial charge < -0.3 is 10.1 Å². The zero-order valence-electron chi connectivity index (χ0n) is 10.1. The van der Waals surface area contributed by atoms with Crippen LogP contribution in [0.25, 0.3) is 0 Å². The van der Waals surface area contributed by atoms with Gasteiger partial charge in [0.05, 0.1) is 6.61 Å². The van der Waals surface area contributed by atoms with Gasteiger partial charge in [-0.05, 0) is 19.9 Å². The van der Waals surface area contributed by atoms with Gasteiger partial charge in [0.2, 0.25) is 0 Å². The molecule has 15 heavy (non-hydrogen) atoms. The Morgan fingerprint density at radius 2 is 2.27 bits per heavy atom. The predicted octanol–water partition coefficient (Wildman–Crippen LogP) is 0.977. The third-order valence-corrected chi connectivity index (χ3v) is 2.41. The molecule has 0 amide bonds. The summed E-state index contributed by atoms with van der Waals surface area (Å²) in [5.41, 5.74) is 1.28. The fraction of sp³-hybridized carbons (Fsp3) is 0.727. The lowest BCUT2D eigenvalue weighted by molar-refractivity contribution is 0.129. The standard InChI is InChI=1S/C11H21N3O/c1-11(2,9-15-4)12-7-5-10-6-8-13-14(10)3/h6,8,12H,5,7,9H2,1-4H3. The molecule has 0 bridgehead atoms. The van der Waals surface area contributed by atoms with Crippen LogP contribution in [0.5, 0.6) is 0 Å². The fourth-order valence-electron chi connectivity index (χ4n) is 1.59. The van der Waals surface area contributed by atoms with E-state index >= 15 is 0 Å². The summed E-state index contributed by atoms with van der Waals surface area (Å²) in [5.74, 6) is 0. The summed E-state index contributed by atoms with van der Waals surface area (Å²) < 4.78 is 7.05. The molecule has 86 valence electrons. The molecule has 1 N–H and O–H groups in total. The van der Waals surface area contributed by atoms with Crippen molar-refractivity contribution in [3.63, 3.8) is 0 Å². The Morgan fingerprint density at radius 1 is 1.53 bits per heavy atom. The van der Waals surface area contributed by atoms with Gasteiger partial charge in [0.15, 0.2) is 0 Å². The molecule has 0 saturated heterocycles. The molecule has 0 unspecified atom stereocenters. The van der Waals surface area contributed by atoms with E-state index in [9.17, 15) is 0 Å². The molecule has 1 aromatic rings. The first-order valence-corrected chi connectivity index (χ1v) is 5.26. The van der Waals surface area contributed by atoms with Crippen molar-refractivity contribution in [1.82, 2.24) is 15.1 Å². The molecule has 1 aromatic heterocycles. The largest absolute Gasteiger partial charge is 0.383 e. The SMILES string of the molecule is COCC(C)(C)NCCc1ccnn1C. The molecule has 0 saturated carbocycles. The lowest BCUT2D eigenvalue weighted by Gasteiger charge is -2.25. The Kier molecular flexibility index (Phi) is 4.29. The normalized spacial score (nSPS) is 12.0. The fourth-order valence-corrected chi connectivity index (χ4v) is 1.59. The Morgan fingerprint density at radius 3 is 2.80 bits per heavy atom. The number of hydrogen-bond donors (Lipinski definition) is 1. The van der Waals surface area contributed by atoms with E-state index in [1.807, 2.05) is 24.0 Å². The van der Waals surface area contributed by atoms with Gasteiger partial charge in [-0.1, -0.05) is 0 Å². The maximum atomic E-state index is 5.14. The monoisotopic (exact) mass is 211 g/mol. The summed E-state index contributed by atoms with van der Waals surface area (Å²) in [5, 5.41) is 7.59. The van der Waals surface area contributed by atoms with Crippen molar-refractivity contribution in [3.05, 3.63) is 18.0 Å². The molecule has 0 fully saturated rings. The number of aryl methyl sites for hydroxylation is 1. The van der Waals surface area contributed by atoms with Crippen LogP contribution in [0.3, 0.4) is 0 Å². The minimum atomic E-state index is 0.0351. The van der Waals surface area contributed by atoms with Crippen molar-refractivity contribution in [2.24, 2.45) is 7.05 Å². The zero-order valence-corrected chi connectivity index (χ0v) is 10.1. The number of nitrogens with one attached hydrogen (secondary N) is 1. The van der Waals surface area contributed by atoms with Crippen molar-refractivity contribution in [1.29, 1.82) is 0 Å². The van der Waals surface area contributed by atoms with Crippen molar-refractivity contribution in [2.75, 3.05) is 20.3 Å². The van der Waals surface area contributed by atoms with Gasteiger partial charge in [0, 0.05) is 44.6 Å². The maximum absolute atomic E-state index is 5.14. The summed E-state index contributed by atoms with van der Waals surface area (Å²) >= 11 is 0. The van der Waals surface area contributed by atoms with Crippen LogP contribution in [-0.2, 0) is 18.2 Å². The summed E-state index contributed by atoms with van der Waals surface area (Å²) in [6.07, 6.45) is 2.82. The molecule has 0 aliphatic carbocycles. The second-order valence-corrected chi connectivity index (χ2v) is 4.44. The maximum Gasteiger partial charge on any atom is 0.0639 e. The summed E-state index contributed by atoms with van der Waals surface area (Å²) in [4.78, 5) is 0.